The minimum absolute atomic E-state index is 0. The Morgan fingerprint density at radius 1 is 0.676 bits per heavy atom. The van der Waals surface area contributed by atoms with Crippen LogP contribution in [0.5, 0.6) is 11.5 Å². The molecule has 4 N–H and O–H groups in total. The fraction of sp³-hybridized carbons (Fsp3) is 0.548. The zero-order valence-corrected chi connectivity index (χ0v) is 23.6. The summed E-state index contributed by atoms with van der Waals surface area (Å²) in [5, 5.41) is 21.3. The molecule has 0 saturated carbocycles. The number of hydrogen-bond acceptors (Lipinski definition) is 4. The quantitative estimate of drug-likeness (QED) is 0.356. The number of benzene rings is 2. The molecule has 0 atom stereocenters. The number of hydrazine groups is 1. The first-order chi connectivity index (χ1) is 16.3. The third kappa shape index (κ3) is 8.51. The van der Waals surface area contributed by atoms with Crippen LogP contribution in [-0.4, -0.2) is 22.0 Å². The summed E-state index contributed by atoms with van der Waals surface area (Å²) in [6.45, 7) is 20.1. The number of rotatable bonds is 5. The Labute approximate surface area is 223 Å². The molecule has 0 aromatic heterocycles. The molecule has 0 aliphatic heterocycles. The second-order valence-corrected chi connectivity index (χ2v) is 12.9. The molecule has 0 radical (unpaired) electrons. The van der Waals surface area contributed by atoms with Gasteiger partial charge in [-0.1, -0.05) is 94.0 Å². The standard InChI is InChI=1S/C30H44N2O4.CH4/c1-18-13-19(14-21(26(18)35)28(2,3)4)11-12-24(33)31-32-25(34)17-20-15-22(29(5,6)7)27(36)23(16-20)30(8,9)10;/h13-16,35-36H,11-12,17H2,1-10H3,(H,31,33)(H,32,34);1H4. The Bertz CT molecular complexity index is 1090. The topological polar surface area (TPSA) is 98.7 Å². The predicted octanol–water partition coefficient (Wildman–Crippen LogP) is 6.26. The maximum absolute atomic E-state index is 12.6. The lowest BCUT2D eigenvalue weighted by atomic mass is 9.78. The maximum Gasteiger partial charge on any atom is 0.242 e. The van der Waals surface area contributed by atoms with Gasteiger partial charge in [0.05, 0.1) is 6.42 Å². The van der Waals surface area contributed by atoms with Gasteiger partial charge in [0.15, 0.2) is 0 Å². The molecule has 0 heterocycles. The second kappa shape index (κ2) is 11.6. The number of nitrogens with one attached hydrogen (secondary N) is 2. The van der Waals surface area contributed by atoms with Crippen LogP contribution in [0, 0.1) is 6.92 Å². The lowest BCUT2D eigenvalue weighted by molar-refractivity contribution is -0.128. The normalized spacial score (nSPS) is 12.1. The molecule has 2 aromatic carbocycles. The minimum atomic E-state index is -0.329. The van der Waals surface area contributed by atoms with E-state index in [9.17, 15) is 19.8 Å². The van der Waals surface area contributed by atoms with Gasteiger partial charge in [0.2, 0.25) is 11.8 Å². The Hall–Kier alpha value is -3.02. The van der Waals surface area contributed by atoms with E-state index in [1.807, 2.05) is 93.5 Å². The van der Waals surface area contributed by atoms with E-state index in [4.69, 9.17) is 0 Å². The van der Waals surface area contributed by atoms with Crippen LogP contribution in [0.4, 0.5) is 0 Å². The van der Waals surface area contributed by atoms with Crippen molar-refractivity contribution in [1.82, 2.24) is 10.9 Å². The molecule has 0 unspecified atom stereocenters. The Morgan fingerprint density at radius 2 is 1.08 bits per heavy atom. The zero-order valence-electron chi connectivity index (χ0n) is 23.6. The molecule has 0 saturated heterocycles. The van der Waals surface area contributed by atoms with Crippen LogP contribution >= 0.6 is 0 Å². The van der Waals surface area contributed by atoms with Crippen LogP contribution in [0.25, 0.3) is 0 Å². The Morgan fingerprint density at radius 3 is 1.54 bits per heavy atom. The summed E-state index contributed by atoms with van der Waals surface area (Å²) in [6.07, 6.45) is 0.780. The predicted molar refractivity (Wildman–Crippen MR) is 152 cm³/mol. The molecule has 2 amide bonds. The van der Waals surface area contributed by atoms with E-state index < -0.39 is 0 Å². The van der Waals surface area contributed by atoms with Crippen molar-refractivity contribution in [3.63, 3.8) is 0 Å². The van der Waals surface area contributed by atoms with Crippen LogP contribution in [-0.2, 0) is 38.7 Å². The molecular formula is C31H48N2O4. The number of phenols is 2. The lowest BCUT2D eigenvalue weighted by Gasteiger charge is -2.28. The zero-order chi connectivity index (χ0) is 27.6. The maximum atomic E-state index is 12.6. The van der Waals surface area contributed by atoms with Crippen LogP contribution < -0.4 is 10.9 Å². The van der Waals surface area contributed by atoms with Crippen LogP contribution in [0.3, 0.4) is 0 Å². The summed E-state index contributed by atoms with van der Waals surface area (Å²) in [5.74, 6) is -0.0555. The number of carbonyl (C=O) groups excluding carboxylic acids is 2. The summed E-state index contributed by atoms with van der Waals surface area (Å²) in [4.78, 5) is 25.0. The van der Waals surface area contributed by atoms with Gasteiger partial charge in [0.25, 0.3) is 0 Å². The average Bonchev–Trinajstić information content (AvgIpc) is 2.71. The Kier molecular flexibility index (Phi) is 10.0. The Balaban J connectivity index is 0.00000684. The van der Waals surface area contributed by atoms with Crippen LogP contribution in [0.2, 0.25) is 0 Å². The molecule has 0 aliphatic rings. The summed E-state index contributed by atoms with van der Waals surface area (Å²) < 4.78 is 0. The lowest BCUT2D eigenvalue weighted by Crippen LogP contribution is -2.42. The highest BCUT2D eigenvalue weighted by molar-refractivity contribution is 5.83. The first kappa shape index (κ1) is 32.0. The first-order valence-electron chi connectivity index (χ1n) is 12.6. The van der Waals surface area contributed by atoms with Crippen molar-refractivity contribution in [3.05, 3.63) is 57.6 Å². The monoisotopic (exact) mass is 512 g/mol. The minimum Gasteiger partial charge on any atom is -0.507 e. The highest BCUT2D eigenvalue weighted by Crippen LogP contribution is 2.40. The molecular weight excluding hydrogens is 464 g/mol. The van der Waals surface area contributed by atoms with Gasteiger partial charge in [-0.15, -0.1) is 0 Å². The van der Waals surface area contributed by atoms with Gasteiger partial charge in [-0.2, -0.15) is 0 Å². The van der Waals surface area contributed by atoms with E-state index in [1.165, 1.54) is 0 Å². The van der Waals surface area contributed by atoms with Gasteiger partial charge in [0, 0.05) is 6.42 Å². The van der Waals surface area contributed by atoms with E-state index >= 15 is 0 Å². The second-order valence-electron chi connectivity index (χ2n) is 12.9. The number of phenolic OH excluding ortho intramolecular Hbond substituents is 2. The van der Waals surface area contributed by atoms with Gasteiger partial charge < -0.3 is 10.2 Å². The van der Waals surface area contributed by atoms with Gasteiger partial charge in [0.1, 0.15) is 11.5 Å². The summed E-state index contributed by atoms with van der Waals surface area (Å²) in [7, 11) is 0. The van der Waals surface area contributed by atoms with Gasteiger partial charge in [-0.3, -0.25) is 20.4 Å². The fourth-order valence-corrected chi connectivity index (χ4v) is 4.20. The van der Waals surface area contributed by atoms with E-state index in [-0.39, 0.29) is 54.1 Å². The molecule has 37 heavy (non-hydrogen) atoms. The van der Waals surface area contributed by atoms with Crippen molar-refractivity contribution in [3.8, 4) is 11.5 Å². The molecule has 6 heteroatoms. The van der Waals surface area contributed by atoms with E-state index in [0.717, 1.165) is 33.4 Å². The molecule has 0 spiro atoms. The van der Waals surface area contributed by atoms with E-state index in [1.54, 1.807) is 0 Å². The molecule has 0 aliphatic carbocycles. The molecule has 206 valence electrons. The molecule has 0 bridgehead atoms. The third-order valence-corrected chi connectivity index (χ3v) is 6.30. The number of aryl methyl sites for hydroxylation is 2. The summed E-state index contributed by atoms with van der Waals surface area (Å²) in [6, 6.07) is 7.57. The van der Waals surface area contributed by atoms with Crippen molar-refractivity contribution >= 4 is 11.8 Å². The number of carbonyl (C=O) groups is 2. The SMILES string of the molecule is C.Cc1cc(CCC(=O)NNC(=O)Cc2cc(C(C)(C)C)c(O)c(C(C)(C)C)c2)cc(C(C)(C)C)c1O. The van der Waals surface area contributed by atoms with Crippen LogP contribution in [0.1, 0.15) is 110 Å². The van der Waals surface area contributed by atoms with Crippen molar-refractivity contribution in [2.24, 2.45) is 0 Å². The third-order valence-electron chi connectivity index (χ3n) is 6.30. The van der Waals surface area contributed by atoms with Crippen molar-refractivity contribution in [1.29, 1.82) is 0 Å². The molecule has 0 fully saturated rings. The number of aromatic hydroxyl groups is 2. The fourth-order valence-electron chi connectivity index (χ4n) is 4.20. The number of hydrogen-bond donors (Lipinski definition) is 4. The van der Waals surface area contributed by atoms with E-state index in [0.29, 0.717) is 12.2 Å². The summed E-state index contributed by atoms with van der Waals surface area (Å²) >= 11 is 0. The molecule has 2 rings (SSSR count). The van der Waals surface area contributed by atoms with Crippen molar-refractivity contribution in [2.75, 3.05) is 0 Å². The number of amides is 2. The first-order valence-corrected chi connectivity index (χ1v) is 12.6. The van der Waals surface area contributed by atoms with Crippen LogP contribution in [0.15, 0.2) is 24.3 Å². The van der Waals surface area contributed by atoms with E-state index in [2.05, 4.69) is 10.9 Å². The van der Waals surface area contributed by atoms with Gasteiger partial charge in [-0.25, -0.2) is 0 Å². The highest BCUT2D eigenvalue weighted by atomic mass is 16.3. The van der Waals surface area contributed by atoms with Gasteiger partial charge >= 0.3 is 0 Å². The smallest absolute Gasteiger partial charge is 0.242 e. The highest BCUT2D eigenvalue weighted by Gasteiger charge is 2.27. The molecule has 6 nitrogen and oxygen atoms in total. The van der Waals surface area contributed by atoms with Crippen molar-refractivity contribution < 1.29 is 19.8 Å². The largest absolute Gasteiger partial charge is 0.507 e. The van der Waals surface area contributed by atoms with Gasteiger partial charge in [-0.05, 0) is 63.0 Å². The molecule has 2 aromatic rings. The van der Waals surface area contributed by atoms with Crippen molar-refractivity contribution in [2.45, 2.75) is 112 Å². The average molecular weight is 513 g/mol. The summed E-state index contributed by atoms with van der Waals surface area (Å²) in [5.41, 5.74) is 9.19.